The van der Waals surface area contributed by atoms with Crippen LogP contribution >= 0.6 is 11.6 Å². The molecule has 4 nitrogen and oxygen atoms in total. The van der Waals surface area contributed by atoms with Crippen molar-refractivity contribution in [2.75, 3.05) is 20.6 Å². The smallest absolute Gasteiger partial charge is 0.205 e. The van der Waals surface area contributed by atoms with E-state index in [0.29, 0.717) is 17.3 Å². The first-order chi connectivity index (χ1) is 7.56. The molecule has 1 heterocycles. The maximum atomic E-state index is 11.7. The van der Waals surface area contributed by atoms with Crippen LogP contribution in [-0.2, 0) is 6.54 Å². The van der Waals surface area contributed by atoms with E-state index in [1.807, 2.05) is 19.0 Å². The van der Waals surface area contributed by atoms with Crippen LogP contribution in [0.15, 0.2) is 18.3 Å². The molecule has 0 saturated carbocycles. The molecular weight excluding hydrogens is 226 g/mol. The maximum Gasteiger partial charge on any atom is 0.205 e. The predicted molar refractivity (Wildman–Crippen MR) is 64.9 cm³/mol. The standard InChI is InChI=1S/C11H16ClN3O/c1-4-5-10(16)11-9(12)8-13-15(11)7-6-14(2)3/h4-5,8H,6-7H2,1-3H3/b5-4+. The number of allylic oxidation sites excluding steroid dienone is 2. The molecule has 1 aromatic rings. The second kappa shape index (κ2) is 5.82. The largest absolute Gasteiger partial charge is 0.308 e. The zero-order valence-corrected chi connectivity index (χ0v) is 10.5. The third kappa shape index (κ3) is 3.18. The molecule has 0 radical (unpaired) electrons. The highest BCUT2D eigenvalue weighted by molar-refractivity contribution is 6.34. The van der Waals surface area contributed by atoms with Crippen molar-refractivity contribution < 1.29 is 4.79 Å². The molecule has 0 aliphatic carbocycles. The van der Waals surface area contributed by atoms with E-state index in [-0.39, 0.29) is 5.78 Å². The quantitative estimate of drug-likeness (QED) is 0.583. The second-order valence-corrected chi connectivity index (χ2v) is 4.14. The Morgan fingerprint density at radius 3 is 2.88 bits per heavy atom. The Bertz CT molecular complexity index is 396. The summed E-state index contributed by atoms with van der Waals surface area (Å²) in [7, 11) is 3.94. The monoisotopic (exact) mass is 241 g/mol. The van der Waals surface area contributed by atoms with Gasteiger partial charge in [0, 0.05) is 6.54 Å². The Kier molecular flexibility index (Phi) is 4.71. The van der Waals surface area contributed by atoms with Gasteiger partial charge in [-0.15, -0.1) is 0 Å². The number of halogens is 1. The van der Waals surface area contributed by atoms with Gasteiger partial charge in [0.15, 0.2) is 0 Å². The molecule has 0 aliphatic heterocycles. The Morgan fingerprint density at radius 1 is 1.62 bits per heavy atom. The van der Waals surface area contributed by atoms with Gasteiger partial charge >= 0.3 is 0 Å². The number of hydrogen-bond acceptors (Lipinski definition) is 3. The van der Waals surface area contributed by atoms with Crippen LogP contribution in [0.1, 0.15) is 17.4 Å². The third-order valence-electron chi connectivity index (χ3n) is 2.11. The number of likely N-dealkylation sites (N-methyl/N-ethyl adjacent to an activating group) is 1. The van der Waals surface area contributed by atoms with Crippen LogP contribution < -0.4 is 0 Å². The fraction of sp³-hybridized carbons (Fsp3) is 0.455. The lowest BCUT2D eigenvalue weighted by Gasteiger charge is -2.10. The summed E-state index contributed by atoms with van der Waals surface area (Å²) in [5, 5.41) is 4.50. The highest BCUT2D eigenvalue weighted by Gasteiger charge is 2.14. The summed E-state index contributed by atoms with van der Waals surface area (Å²) in [5.41, 5.74) is 0.460. The Labute approximate surface area is 100 Å². The fourth-order valence-corrected chi connectivity index (χ4v) is 1.54. The summed E-state index contributed by atoms with van der Waals surface area (Å²) in [4.78, 5) is 13.8. The number of rotatable bonds is 5. The topological polar surface area (TPSA) is 38.1 Å². The van der Waals surface area contributed by atoms with E-state index in [1.54, 1.807) is 17.7 Å². The normalized spacial score (nSPS) is 11.6. The molecule has 0 N–H and O–H groups in total. The summed E-state index contributed by atoms with van der Waals surface area (Å²) in [6, 6.07) is 0. The molecule has 88 valence electrons. The summed E-state index contributed by atoms with van der Waals surface area (Å²) in [5.74, 6) is -0.108. The zero-order chi connectivity index (χ0) is 12.1. The van der Waals surface area contributed by atoms with E-state index in [1.165, 1.54) is 12.3 Å². The van der Waals surface area contributed by atoms with Crippen molar-refractivity contribution >= 4 is 17.4 Å². The van der Waals surface area contributed by atoms with E-state index in [9.17, 15) is 4.79 Å². The summed E-state index contributed by atoms with van der Waals surface area (Å²) < 4.78 is 1.64. The van der Waals surface area contributed by atoms with Crippen molar-refractivity contribution in [1.82, 2.24) is 14.7 Å². The van der Waals surface area contributed by atoms with Gasteiger partial charge < -0.3 is 4.90 Å². The van der Waals surface area contributed by atoms with Gasteiger partial charge in [-0.1, -0.05) is 17.7 Å². The minimum atomic E-state index is -0.108. The van der Waals surface area contributed by atoms with Crippen LogP contribution in [0.3, 0.4) is 0 Å². The lowest BCUT2D eigenvalue weighted by atomic mass is 10.2. The molecule has 16 heavy (non-hydrogen) atoms. The first-order valence-corrected chi connectivity index (χ1v) is 5.47. The van der Waals surface area contributed by atoms with Crippen molar-refractivity contribution in [2.45, 2.75) is 13.5 Å². The average molecular weight is 242 g/mol. The molecule has 0 unspecified atom stereocenters. The van der Waals surface area contributed by atoms with Crippen LogP contribution in [0.2, 0.25) is 5.02 Å². The minimum absolute atomic E-state index is 0.108. The van der Waals surface area contributed by atoms with E-state index >= 15 is 0 Å². The molecular formula is C11H16ClN3O. The number of carbonyl (C=O) groups excluding carboxylic acids is 1. The van der Waals surface area contributed by atoms with Gasteiger partial charge in [0.05, 0.1) is 17.8 Å². The van der Waals surface area contributed by atoms with Crippen molar-refractivity contribution in [1.29, 1.82) is 0 Å². The van der Waals surface area contributed by atoms with E-state index < -0.39 is 0 Å². The van der Waals surface area contributed by atoms with Crippen molar-refractivity contribution in [3.05, 3.63) is 29.1 Å². The van der Waals surface area contributed by atoms with Crippen molar-refractivity contribution in [3.63, 3.8) is 0 Å². The van der Waals surface area contributed by atoms with Crippen LogP contribution in [0.25, 0.3) is 0 Å². The van der Waals surface area contributed by atoms with Crippen LogP contribution in [0.5, 0.6) is 0 Å². The van der Waals surface area contributed by atoms with Gasteiger partial charge in [0.1, 0.15) is 5.69 Å². The summed E-state index contributed by atoms with van der Waals surface area (Å²) >= 11 is 5.94. The average Bonchev–Trinajstić information content (AvgIpc) is 2.57. The van der Waals surface area contributed by atoms with Crippen molar-refractivity contribution in [2.24, 2.45) is 0 Å². The lowest BCUT2D eigenvalue weighted by Crippen LogP contribution is -2.21. The van der Waals surface area contributed by atoms with Crippen LogP contribution in [0, 0.1) is 0 Å². The number of nitrogens with zero attached hydrogens (tertiary/aromatic N) is 3. The molecule has 0 bridgehead atoms. The van der Waals surface area contributed by atoms with Gasteiger partial charge in [-0.05, 0) is 27.1 Å². The number of hydrogen-bond donors (Lipinski definition) is 0. The van der Waals surface area contributed by atoms with Gasteiger partial charge in [-0.3, -0.25) is 9.48 Å². The number of aromatic nitrogens is 2. The zero-order valence-electron chi connectivity index (χ0n) is 9.77. The highest BCUT2D eigenvalue weighted by atomic mass is 35.5. The second-order valence-electron chi connectivity index (χ2n) is 3.73. The van der Waals surface area contributed by atoms with Gasteiger partial charge in [0.2, 0.25) is 5.78 Å². The van der Waals surface area contributed by atoms with Crippen LogP contribution in [-0.4, -0.2) is 41.1 Å². The molecule has 0 aromatic carbocycles. The molecule has 0 fully saturated rings. The molecule has 0 spiro atoms. The molecule has 0 aliphatic rings. The van der Waals surface area contributed by atoms with E-state index in [4.69, 9.17) is 11.6 Å². The van der Waals surface area contributed by atoms with Gasteiger partial charge in [0.25, 0.3) is 0 Å². The summed E-state index contributed by atoms with van der Waals surface area (Å²) in [6.45, 7) is 3.26. The molecule has 0 amide bonds. The van der Waals surface area contributed by atoms with Gasteiger partial charge in [-0.2, -0.15) is 5.10 Å². The molecule has 1 aromatic heterocycles. The van der Waals surface area contributed by atoms with E-state index in [2.05, 4.69) is 5.10 Å². The maximum absolute atomic E-state index is 11.7. The van der Waals surface area contributed by atoms with Gasteiger partial charge in [-0.25, -0.2) is 0 Å². The van der Waals surface area contributed by atoms with Crippen molar-refractivity contribution in [3.8, 4) is 0 Å². The Hall–Kier alpha value is -1.13. The molecule has 0 atom stereocenters. The van der Waals surface area contributed by atoms with Crippen LogP contribution in [0.4, 0.5) is 0 Å². The Balaban J connectivity index is 2.89. The molecule has 1 rings (SSSR count). The SMILES string of the molecule is C/C=C/C(=O)c1c(Cl)cnn1CCN(C)C. The third-order valence-corrected chi connectivity index (χ3v) is 2.38. The van der Waals surface area contributed by atoms with E-state index in [0.717, 1.165) is 6.54 Å². The first-order valence-electron chi connectivity index (χ1n) is 5.09. The molecule has 0 saturated heterocycles. The summed E-state index contributed by atoms with van der Waals surface area (Å²) in [6.07, 6.45) is 4.70. The fourth-order valence-electron chi connectivity index (χ4n) is 1.30. The minimum Gasteiger partial charge on any atom is -0.308 e. The lowest BCUT2D eigenvalue weighted by molar-refractivity contribution is 0.103. The predicted octanol–water partition coefficient (Wildman–Crippen LogP) is 1.86. The Morgan fingerprint density at radius 2 is 2.31 bits per heavy atom. The molecule has 5 heteroatoms. The highest BCUT2D eigenvalue weighted by Crippen LogP contribution is 2.16. The first kappa shape index (κ1) is 12.9. The number of ketones is 1. The number of carbonyl (C=O) groups is 1.